The van der Waals surface area contributed by atoms with Crippen molar-refractivity contribution < 1.29 is 0 Å². The molecule has 0 saturated heterocycles. The summed E-state index contributed by atoms with van der Waals surface area (Å²) in [5, 5.41) is 4.79. The first-order chi connectivity index (χ1) is 37.7. The fourth-order valence-corrected chi connectivity index (χ4v) is 13.4. The Kier molecular flexibility index (Phi) is 10.0. The molecule has 0 N–H and O–H groups in total. The largest absolute Gasteiger partial charge is 0.255 e. The van der Waals surface area contributed by atoms with Gasteiger partial charge in [0.25, 0.3) is 0 Å². The highest BCUT2D eigenvalue weighted by atomic mass is 14.8. The molecule has 15 rings (SSSR count). The molecule has 0 bridgehead atoms. The number of fused-ring (bicyclic) bond motifs is 8. The van der Waals surface area contributed by atoms with Crippen molar-refractivity contribution in [3.05, 3.63) is 336 Å². The van der Waals surface area contributed by atoms with Crippen molar-refractivity contribution in [3.63, 3.8) is 0 Å². The molecule has 2 heteroatoms. The molecule has 2 aliphatic rings. The lowest BCUT2D eigenvalue weighted by molar-refractivity contribution is 0.769. The molecular formula is C74H48N2. The smallest absolute Gasteiger partial charge is 0.0892 e. The normalized spacial score (nSPS) is 13.5. The van der Waals surface area contributed by atoms with E-state index in [0.29, 0.717) is 0 Å². The average molecular weight is 965 g/mol. The van der Waals surface area contributed by atoms with E-state index in [1.54, 1.807) is 0 Å². The first kappa shape index (κ1) is 43.8. The summed E-state index contributed by atoms with van der Waals surface area (Å²) in [5.41, 5.74) is 22.8. The number of aromatic nitrogens is 2. The minimum absolute atomic E-state index is 0.540. The van der Waals surface area contributed by atoms with Crippen LogP contribution in [0.25, 0.3) is 88.6 Å². The van der Waals surface area contributed by atoms with E-state index in [1.807, 2.05) is 30.6 Å². The van der Waals surface area contributed by atoms with Gasteiger partial charge in [-0.15, -0.1) is 0 Å². The number of pyridine rings is 2. The molecule has 0 amide bonds. The van der Waals surface area contributed by atoms with Crippen LogP contribution in [-0.2, 0) is 10.8 Å². The zero-order valence-corrected chi connectivity index (χ0v) is 41.6. The molecule has 354 valence electrons. The molecule has 2 nitrogen and oxygen atoms in total. The number of hydrogen-bond acceptors (Lipinski definition) is 2. The molecule has 0 fully saturated rings. The Hall–Kier alpha value is -9.76. The third-order valence-corrected chi connectivity index (χ3v) is 16.5. The minimum Gasteiger partial charge on any atom is -0.255 e. The van der Waals surface area contributed by atoms with Crippen LogP contribution in [0.1, 0.15) is 44.5 Å². The van der Waals surface area contributed by atoms with E-state index in [9.17, 15) is 0 Å². The summed E-state index contributed by atoms with van der Waals surface area (Å²) in [6.07, 6.45) is 3.74. The van der Waals surface area contributed by atoms with E-state index in [-0.39, 0.29) is 0 Å². The van der Waals surface area contributed by atoms with Crippen LogP contribution in [0, 0.1) is 0 Å². The fourth-order valence-electron chi connectivity index (χ4n) is 13.4. The van der Waals surface area contributed by atoms with Gasteiger partial charge in [-0.05, 0) is 164 Å². The van der Waals surface area contributed by atoms with Gasteiger partial charge < -0.3 is 0 Å². The summed E-state index contributed by atoms with van der Waals surface area (Å²) in [5.74, 6) is 0. The standard InChI is InChI=1S/C74H48N2/c1-5-21-53(22-6-1)73(54-23-7-2-8-24-54)65-33-17-15-29-57(65)59-39-37-51(46-67(59)73)71-61-31-13-14-32-62(61)72(64-45-49(36-41-63(64)71)50-42-44-76-70(48-50)69-35-19-20-43-75-69)52-38-40-60-58-30-16-18-34-66(58)74(68(60)47-52,55-25-9-3-10-26-55)56-27-11-4-12-28-56/h1-48H. The first-order valence-corrected chi connectivity index (χ1v) is 26.3. The van der Waals surface area contributed by atoms with Gasteiger partial charge in [0.05, 0.1) is 22.2 Å². The summed E-state index contributed by atoms with van der Waals surface area (Å²) in [6.45, 7) is 0. The Bertz CT molecular complexity index is 4300. The molecule has 0 aliphatic heterocycles. The quantitative estimate of drug-likeness (QED) is 0.142. The van der Waals surface area contributed by atoms with Crippen LogP contribution in [0.4, 0.5) is 0 Å². The molecule has 76 heavy (non-hydrogen) atoms. The van der Waals surface area contributed by atoms with Crippen molar-refractivity contribution in [2.45, 2.75) is 10.8 Å². The number of nitrogens with zero attached hydrogens (tertiary/aromatic N) is 2. The summed E-state index contributed by atoms with van der Waals surface area (Å²) in [4.78, 5) is 9.50. The van der Waals surface area contributed by atoms with Crippen LogP contribution < -0.4 is 0 Å². The van der Waals surface area contributed by atoms with Crippen molar-refractivity contribution in [3.8, 4) is 67.0 Å². The average Bonchev–Trinajstić information content (AvgIpc) is 4.18. The van der Waals surface area contributed by atoms with Crippen LogP contribution >= 0.6 is 0 Å². The van der Waals surface area contributed by atoms with Gasteiger partial charge in [0.2, 0.25) is 0 Å². The Balaban J connectivity index is 1.03. The molecule has 2 aromatic heterocycles. The van der Waals surface area contributed by atoms with Crippen LogP contribution in [-0.4, -0.2) is 9.97 Å². The van der Waals surface area contributed by atoms with Crippen molar-refractivity contribution in [2.24, 2.45) is 0 Å². The topological polar surface area (TPSA) is 25.8 Å². The molecule has 2 heterocycles. The SMILES string of the molecule is c1ccc(C2(c3ccccc3)c3ccccc3-c3ccc(-c4c5ccccc5c(-c5ccc6c(c5)C(c5ccccc5)(c5ccccc5)c5ccccc5-6)c5cc(-c6ccnc(-c7ccccn7)c6)ccc45)cc32)cc1. The highest BCUT2D eigenvalue weighted by Crippen LogP contribution is 2.59. The Morgan fingerprint density at radius 1 is 0.224 bits per heavy atom. The second-order valence-corrected chi connectivity index (χ2v) is 20.3. The van der Waals surface area contributed by atoms with E-state index in [4.69, 9.17) is 4.98 Å². The molecule has 2 aliphatic carbocycles. The molecular weight excluding hydrogens is 917 g/mol. The van der Waals surface area contributed by atoms with Crippen molar-refractivity contribution in [1.82, 2.24) is 9.97 Å². The predicted molar refractivity (Wildman–Crippen MR) is 313 cm³/mol. The minimum atomic E-state index is -0.550. The van der Waals surface area contributed by atoms with E-state index >= 15 is 0 Å². The molecule has 0 atom stereocenters. The maximum Gasteiger partial charge on any atom is 0.0892 e. The molecule has 11 aromatic carbocycles. The van der Waals surface area contributed by atoms with Gasteiger partial charge in [0.1, 0.15) is 0 Å². The zero-order chi connectivity index (χ0) is 50.2. The van der Waals surface area contributed by atoms with E-state index in [0.717, 1.165) is 22.5 Å². The monoisotopic (exact) mass is 964 g/mol. The third kappa shape index (κ3) is 6.41. The fraction of sp³-hybridized carbons (Fsp3) is 0.0270. The maximum atomic E-state index is 4.81. The van der Waals surface area contributed by atoms with Crippen LogP contribution in [0.5, 0.6) is 0 Å². The van der Waals surface area contributed by atoms with Crippen LogP contribution in [0.3, 0.4) is 0 Å². The predicted octanol–water partition coefficient (Wildman–Crippen LogP) is 18.2. The third-order valence-electron chi connectivity index (χ3n) is 16.5. The van der Waals surface area contributed by atoms with Crippen LogP contribution in [0.15, 0.2) is 291 Å². The van der Waals surface area contributed by atoms with Crippen molar-refractivity contribution >= 4 is 21.5 Å². The molecule has 0 radical (unpaired) electrons. The van der Waals surface area contributed by atoms with Gasteiger partial charge in [-0.3, -0.25) is 9.97 Å². The second-order valence-electron chi connectivity index (χ2n) is 20.3. The van der Waals surface area contributed by atoms with Gasteiger partial charge >= 0.3 is 0 Å². The van der Waals surface area contributed by atoms with E-state index in [1.165, 1.54) is 111 Å². The summed E-state index contributed by atoms with van der Waals surface area (Å²) in [6, 6.07) is 104. The van der Waals surface area contributed by atoms with Crippen molar-refractivity contribution in [2.75, 3.05) is 0 Å². The number of rotatable bonds is 8. The summed E-state index contributed by atoms with van der Waals surface area (Å²) in [7, 11) is 0. The Labute approximate surface area is 443 Å². The van der Waals surface area contributed by atoms with Gasteiger partial charge in [0.15, 0.2) is 0 Å². The van der Waals surface area contributed by atoms with Gasteiger partial charge in [-0.2, -0.15) is 0 Å². The Morgan fingerprint density at radius 3 is 1.12 bits per heavy atom. The Morgan fingerprint density at radius 2 is 0.618 bits per heavy atom. The lowest BCUT2D eigenvalue weighted by Gasteiger charge is -2.34. The lowest BCUT2D eigenvalue weighted by Crippen LogP contribution is -2.28. The van der Waals surface area contributed by atoms with Gasteiger partial charge in [-0.25, -0.2) is 0 Å². The van der Waals surface area contributed by atoms with Crippen LogP contribution in [0.2, 0.25) is 0 Å². The zero-order valence-electron chi connectivity index (χ0n) is 41.6. The van der Waals surface area contributed by atoms with E-state index < -0.39 is 10.8 Å². The highest BCUT2D eigenvalue weighted by molar-refractivity contribution is 6.22. The molecule has 0 unspecified atom stereocenters. The van der Waals surface area contributed by atoms with Gasteiger partial charge in [0, 0.05) is 12.4 Å². The second kappa shape index (κ2) is 17.4. The maximum absolute atomic E-state index is 4.81. The van der Waals surface area contributed by atoms with E-state index in [2.05, 4.69) is 266 Å². The lowest BCUT2D eigenvalue weighted by atomic mass is 9.67. The first-order valence-electron chi connectivity index (χ1n) is 26.3. The summed E-state index contributed by atoms with van der Waals surface area (Å²) >= 11 is 0. The summed E-state index contributed by atoms with van der Waals surface area (Å²) < 4.78 is 0. The van der Waals surface area contributed by atoms with Gasteiger partial charge in [-0.1, -0.05) is 237 Å². The van der Waals surface area contributed by atoms with Crippen molar-refractivity contribution in [1.29, 1.82) is 0 Å². The molecule has 0 saturated carbocycles. The molecule has 13 aromatic rings. The number of benzene rings is 11. The number of hydrogen-bond donors (Lipinski definition) is 0. The highest BCUT2D eigenvalue weighted by Gasteiger charge is 2.48. The molecule has 0 spiro atoms.